The van der Waals surface area contributed by atoms with Crippen molar-refractivity contribution in [3.8, 4) is 0 Å². The lowest BCUT2D eigenvalue weighted by Gasteiger charge is -2.12. The van der Waals surface area contributed by atoms with Crippen molar-refractivity contribution in [1.29, 1.82) is 0 Å². The van der Waals surface area contributed by atoms with Crippen LogP contribution in [-0.2, 0) is 10.0 Å². The van der Waals surface area contributed by atoms with E-state index in [0.717, 1.165) is 8.78 Å². The molecular formula is C15H15BrN2O3S. The molecule has 0 fully saturated rings. The molecule has 0 atom stereocenters. The molecule has 1 N–H and O–H groups in total. The predicted molar refractivity (Wildman–Crippen MR) is 89.4 cm³/mol. The second-order valence-corrected chi connectivity index (χ2v) is 7.75. The first kappa shape index (κ1) is 16.7. The van der Waals surface area contributed by atoms with Crippen LogP contribution >= 0.6 is 15.9 Å². The van der Waals surface area contributed by atoms with Gasteiger partial charge in [0.2, 0.25) is 10.0 Å². The maximum absolute atomic E-state index is 12.2. The molecule has 0 heterocycles. The first-order valence-corrected chi connectivity index (χ1v) is 8.64. The fourth-order valence-electron chi connectivity index (χ4n) is 1.75. The Bertz CT molecular complexity index is 787. The van der Waals surface area contributed by atoms with Gasteiger partial charge in [0, 0.05) is 24.1 Å². The van der Waals surface area contributed by atoms with E-state index < -0.39 is 10.0 Å². The summed E-state index contributed by atoms with van der Waals surface area (Å²) in [4.78, 5) is 12.3. The van der Waals surface area contributed by atoms with E-state index >= 15 is 0 Å². The number of sulfonamides is 1. The van der Waals surface area contributed by atoms with Crippen molar-refractivity contribution in [2.45, 2.75) is 4.90 Å². The van der Waals surface area contributed by atoms with Crippen molar-refractivity contribution in [2.24, 2.45) is 0 Å². The zero-order valence-electron chi connectivity index (χ0n) is 12.1. The van der Waals surface area contributed by atoms with Gasteiger partial charge in [-0.25, -0.2) is 12.7 Å². The average molecular weight is 383 g/mol. The van der Waals surface area contributed by atoms with Crippen molar-refractivity contribution in [2.75, 3.05) is 19.4 Å². The van der Waals surface area contributed by atoms with Gasteiger partial charge in [0.1, 0.15) is 0 Å². The molecule has 0 saturated heterocycles. The minimum atomic E-state index is -3.49. The van der Waals surface area contributed by atoms with Crippen molar-refractivity contribution >= 4 is 37.5 Å². The number of rotatable bonds is 4. The van der Waals surface area contributed by atoms with Crippen LogP contribution in [0.15, 0.2) is 57.9 Å². The molecule has 1 amide bonds. The number of carbonyl (C=O) groups excluding carboxylic acids is 1. The Morgan fingerprint density at radius 3 is 2.18 bits per heavy atom. The summed E-state index contributed by atoms with van der Waals surface area (Å²) in [6.07, 6.45) is 0. The minimum Gasteiger partial charge on any atom is -0.321 e. The predicted octanol–water partition coefficient (Wildman–Crippen LogP) is 2.95. The Morgan fingerprint density at radius 1 is 1.05 bits per heavy atom. The first-order chi connectivity index (χ1) is 10.3. The molecule has 0 saturated carbocycles. The van der Waals surface area contributed by atoms with Crippen LogP contribution in [0.3, 0.4) is 0 Å². The quantitative estimate of drug-likeness (QED) is 0.883. The monoisotopic (exact) mass is 382 g/mol. The molecule has 0 spiro atoms. The van der Waals surface area contributed by atoms with Gasteiger partial charge in [0.05, 0.1) is 10.6 Å². The number of hydrogen-bond acceptors (Lipinski definition) is 3. The van der Waals surface area contributed by atoms with Crippen LogP contribution in [0, 0.1) is 0 Å². The molecule has 2 aromatic carbocycles. The summed E-state index contributed by atoms with van der Waals surface area (Å²) in [6.45, 7) is 0. The summed E-state index contributed by atoms with van der Waals surface area (Å²) in [5.74, 6) is -0.305. The van der Waals surface area contributed by atoms with Gasteiger partial charge in [-0.15, -0.1) is 0 Å². The van der Waals surface area contributed by atoms with E-state index in [9.17, 15) is 13.2 Å². The molecule has 0 bridgehead atoms. The smallest absolute Gasteiger partial charge is 0.255 e. The lowest BCUT2D eigenvalue weighted by atomic mass is 10.2. The van der Waals surface area contributed by atoms with Gasteiger partial charge in [-0.3, -0.25) is 4.79 Å². The molecule has 7 heteroatoms. The summed E-state index contributed by atoms with van der Waals surface area (Å²) in [6, 6.07) is 13.1. The molecule has 0 aromatic heterocycles. The zero-order valence-corrected chi connectivity index (χ0v) is 14.5. The maximum atomic E-state index is 12.2. The van der Waals surface area contributed by atoms with Gasteiger partial charge in [-0.2, -0.15) is 0 Å². The standard InChI is InChI=1S/C15H15BrN2O3S/c1-18(2)22(20,21)12-9-7-11(8-10-12)15(19)17-14-6-4-3-5-13(14)16/h3-10H,1-2H3,(H,17,19). The van der Waals surface area contributed by atoms with E-state index in [1.165, 1.54) is 38.4 Å². The first-order valence-electron chi connectivity index (χ1n) is 6.41. The number of benzene rings is 2. The molecule has 0 radical (unpaired) electrons. The van der Waals surface area contributed by atoms with Gasteiger partial charge < -0.3 is 5.32 Å². The summed E-state index contributed by atoms with van der Waals surface area (Å²) in [5.41, 5.74) is 1.03. The van der Waals surface area contributed by atoms with Gasteiger partial charge in [-0.05, 0) is 52.3 Å². The van der Waals surface area contributed by atoms with Crippen LogP contribution in [0.2, 0.25) is 0 Å². The lowest BCUT2D eigenvalue weighted by Crippen LogP contribution is -2.22. The molecule has 0 aliphatic rings. The van der Waals surface area contributed by atoms with E-state index in [-0.39, 0.29) is 10.8 Å². The van der Waals surface area contributed by atoms with E-state index in [2.05, 4.69) is 21.2 Å². The lowest BCUT2D eigenvalue weighted by molar-refractivity contribution is 0.102. The molecular weight excluding hydrogens is 368 g/mol. The fourth-order valence-corrected chi connectivity index (χ4v) is 3.03. The number of para-hydroxylation sites is 1. The van der Waals surface area contributed by atoms with E-state index in [4.69, 9.17) is 0 Å². The Balaban J connectivity index is 2.21. The third-order valence-corrected chi connectivity index (χ3v) is 5.54. The Kier molecular flexibility index (Phi) is 5.00. The molecule has 5 nitrogen and oxygen atoms in total. The topological polar surface area (TPSA) is 66.5 Å². The third kappa shape index (κ3) is 3.55. The largest absolute Gasteiger partial charge is 0.321 e. The number of nitrogens with one attached hydrogen (secondary N) is 1. The molecule has 116 valence electrons. The molecule has 22 heavy (non-hydrogen) atoms. The van der Waals surface area contributed by atoms with Gasteiger partial charge in [-0.1, -0.05) is 12.1 Å². The van der Waals surface area contributed by atoms with Crippen molar-refractivity contribution < 1.29 is 13.2 Å². The number of carbonyl (C=O) groups is 1. The van der Waals surface area contributed by atoms with Crippen molar-refractivity contribution in [3.05, 3.63) is 58.6 Å². The highest BCUT2D eigenvalue weighted by atomic mass is 79.9. The number of nitrogens with zero attached hydrogens (tertiary/aromatic N) is 1. The highest BCUT2D eigenvalue weighted by Gasteiger charge is 2.17. The van der Waals surface area contributed by atoms with Crippen molar-refractivity contribution in [3.63, 3.8) is 0 Å². The van der Waals surface area contributed by atoms with Gasteiger partial charge in [0.25, 0.3) is 5.91 Å². The Morgan fingerprint density at radius 2 is 1.64 bits per heavy atom. The van der Waals surface area contributed by atoms with Crippen LogP contribution in [0.5, 0.6) is 0 Å². The van der Waals surface area contributed by atoms with Crippen LogP contribution < -0.4 is 5.32 Å². The van der Waals surface area contributed by atoms with Gasteiger partial charge in [0.15, 0.2) is 0 Å². The third-order valence-electron chi connectivity index (χ3n) is 3.02. The Hall–Kier alpha value is -1.70. The van der Waals surface area contributed by atoms with Gasteiger partial charge >= 0.3 is 0 Å². The van der Waals surface area contributed by atoms with Crippen LogP contribution in [0.4, 0.5) is 5.69 Å². The van der Waals surface area contributed by atoms with Crippen LogP contribution in [-0.4, -0.2) is 32.7 Å². The molecule has 0 aliphatic carbocycles. The molecule has 2 rings (SSSR count). The summed E-state index contributed by atoms with van der Waals surface area (Å²) in [7, 11) is -0.568. The second kappa shape index (κ2) is 6.60. The zero-order chi connectivity index (χ0) is 16.3. The van der Waals surface area contributed by atoms with E-state index in [1.54, 1.807) is 6.07 Å². The highest BCUT2D eigenvalue weighted by Crippen LogP contribution is 2.22. The minimum absolute atomic E-state index is 0.148. The summed E-state index contributed by atoms with van der Waals surface area (Å²) in [5, 5.41) is 2.76. The normalized spacial score (nSPS) is 11.5. The van der Waals surface area contributed by atoms with E-state index in [0.29, 0.717) is 11.3 Å². The number of anilines is 1. The number of halogens is 1. The fraction of sp³-hybridized carbons (Fsp3) is 0.133. The summed E-state index contributed by atoms with van der Waals surface area (Å²) < 4.78 is 25.8. The van der Waals surface area contributed by atoms with Crippen LogP contribution in [0.1, 0.15) is 10.4 Å². The molecule has 2 aromatic rings. The van der Waals surface area contributed by atoms with Crippen molar-refractivity contribution in [1.82, 2.24) is 4.31 Å². The summed E-state index contributed by atoms with van der Waals surface area (Å²) >= 11 is 3.35. The number of hydrogen-bond donors (Lipinski definition) is 1. The molecule has 0 unspecified atom stereocenters. The second-order valence-electron chi connectivity index (χ2n) is 4.75. The maximum Gasteiger partial charge on any atom is 0.255 e. The highest BCUT2D eigenvalue weighted by molar-refractivity contribution is 9.10. The van der Waals surface area contributed by atoms with E-state index in [1.807, 2.05) is 18.2 Å². The Labute approximate surface area is 138 Å². The van der Waals surface area contributed by atoms with Crippen LogP contribution in [0.25, 0.3) is 0 Å². The molecule has 0 aliphatic heterocycles. The SMILES string of the molecule is CN(C)S(=O)(=O)c1ccc(C(=O)Nc2ccccc2Br)cc1. The number of amides is 1. The average Bonchev–Trinajstić information content (AvgIpc) is 2.49.